The Morgan fingerprint density at radius 1 is 1.70 bits per heavy atom. The molecule has 54 valence electrons. The molecule has 4 heteroatoms. The zero-order chi connectivity index (χ0) is 7.56. The smallest absolute Gasteiger partial charge is 0.138 e. The monoisotopic (exact) mass is 330 g/mol. The summed E-state index contributed by atoms with van der Waals surface area (Å²) in [6.07, 6.45) is 0.891. The molecule has 0 spiro atoms. The van der Waals surface area contributed by atoms with Gasteiger partial charge >= 0.3 is 0 Å². The van der Waals surface area contributed by atoms with Crippen molar-refractivity contribution in [1.29, 1.82) is 0 Å². The third-order valence-corrected chi connectivity index (χ3v) is 3.97. The van der Waals surface area contributed by atoms with Gasteiger partial charge in [-0.15, -0.1) is 11.3 Å². The maximum absolute atomic E-state index is 10.3. The summed E-state index contributed by atoms with van der Waals surface area (Å²) in [6, 6.07) is 3.96. The third kappa shape index (κ3) is 2.03. The predicted molar refractivity (Wildman–Crippen MR) is 54.8 cm³/mol. The standard InChI is InChI=1S/C6H4BrIOS/c7-4(3-9)5-1-2-6(8)10-5/h1-4H. The Kier molecular flexibility index (Phi) is 3.32. The van der Waals surface area contributed by atoms with Crippen molar-refractivity contribution in [1.82, 2.24) is 0 Å². The van der Waals surface area contributed by atoms with E-state index in [1.54, 1.807) is 11.3 Å². The molecule has 0 saturated carbocycles. The van der Waals surface area contributed by atoms with Crippen LogP contribution >= 0.6 is 49.9 Å². The fraction of sp³-hybridized carbons (Fsp3) is 0.167. The van der Waals surface area contributed by atoms with E-state index in [9.17, 15) is 4.79 Å². The molecule has 0 amide bonds. The molecule has 0 aliphatic heterocycles. The van der Waals surface area contributed by atoms with Crippen molar-refractivity contribution in [2.75, 3.05) is 0 Å². The van der Waals surface area contributed by atoms with Gasteiger partial charge in [-0.3, -0.25) is 0 Å². The van der Waals surface area contributed by atoms with Crippen LogP contribution in [0.4, 0.5) is 0 Å². The SMILES string of the molecule is O=CC(Br)c1ccc(I)s1. The number of alkyl halides is 1. The highest BCUT2D eigenvalue weighted by Crippen LogP contribution is 2.28. The lowest BCUT2D eigenvalue weighted by Gasteiger charge is -1.92. The van der Waals surface area contributed by atoms with E-state index in [0.717, 1.165) is 11.2 Å². The van der Waals surface area contributed by atoms with E-state index in [1.165, 1.54) is 2.88 Å². The molecular weight excluding hydrogens is 327 g/mol. The largest absolute Gasteiger partial charge is 0.302 e. The zero-order valence-electron chi connectivity index (χ0n) is 4.88. The summed E-state index contributed by atoms with van der Waals surface area (Å²) < 4.78 is 1.21. The summed E-state index contributed by atoms with van der Waals surface area (Å²) >= 11 is 7.10. The molecule has 10 heavy (non-hydrogen) atoms. The van der Waals surface area contributed by atoms with E-state index in [4.69, 9.17) is 0 Å². The van der Waals surface area contributed by atoms with Crippen LogP contribution < -0.4 is 0 Å². The van der Waals surface area contributed by atoms with Crippen LogP contribution in [0.3, 0.4) is 0 Å². The van der Waals surface area contributed by atoms with Gasteiger partial charge in [0.15, 0.2) is 0 Å². The van der Waals surface area contributed by atoms with E-state index in [1.807, 2.05) is 12.1 Å². The molecule has 0 saturated heterocycles. The molecule has 0 aliphatic carbocycles. The van der Waals surface area contributed by atoms with Crippen molar-refractivity contribution in [3.8, 4) is 0 Å². The molecule has 0 aliphatic rings. The molecule has 1 nitrogen and oxygen atoms in total. The summed E-state index contributed by atoms with van der Waals surface area (Å²) in [5.41, 5.74) is 0. The second-order valence-corrected chi connectivity index (χ2v) is 5.68. The van der Waals surface area contributed by atoms with E-state index in [0.29, 0.717) is 0 Å². The summed E-state index contributed by atoms with van der Waals surface area (Å²) in [7, 11) is 0. The Balaban J connectivity index is 2.84. The Bertz CT molecular complexity index is 235. The van der Waals surface area contributed by atoms with Gasteiger partial charge in [0.25, 0.3) is 0 Å². The maximum Gasteiger partial charge on any atom is 0.138 e. The van der Waals surface area contributed by atoms with Crippen LogP contribution in [0.15, 0.2) is 12.1 Å². The number of rotatable bonds is 2. The number of thiophene rings is 1. The van der Waals surface area contributed by atoms with E-state index in [-0.39, 0.29) is 4.83 Å². The third-order valence-electron chi connectivity index (χ3n) is 0.985. The van der Waals surface area contributed by atoms with E-state index < -0.39 is 0 Å². The first-order valence-electron chi connectivity index (χ1n) is 2.58. The first-order chi connectivity index (χ1) is 4.74. The van der Waals surface area contributed by atoms with E-state index in [2.05, 4.69) is 38.5 Å². The minimum absolute atomic E-state index is 0.124. The van der Waals surface area contributed by atoms with Gasteiger partial charge in [0.05, 0.1) is 2.88 Å². The Labute approximate surface area is 85.1 Å². The van der Waals surface area contributed by atoms with Crippen LogP contribution in [0, 0.1) is 2.88 Å². The number of hydrogen-bond donors (Lipinski definition) is 0. The maximum atomic E-state index is 10.3. The van der Waals surface area contributed by atoms with Gasteiger partial charge in [0.2, 0.25) is 0 Å². The molecule has 1 aromatic rings. The molecule has 0 bridgehead atoms. The topological polar surface area (TPSA) is 17.1 Å². The van der Waals surface area contributed by atoms with Crippen molar-refractivity contribution in [2.45, 2.75) is 4.83 Å². The minimum atomic E-state index is -0.124. The van der Waals surface area contributed by atoms with Crippen LogP contribution in [-0.2, 0) is 4.79 Å². The average molecular weight is 331 g/mol. The Morgan fingerprint density at radius 2 is 2.40 bits per heavy atom. The highest BCUT2D eigenvalue weighted by molar-refractivity contribution is 14.1. The molecule has 1 heterocycles. The fourth-order valence-corrected chi connectivity index (χ4v) is 2.58. The van der Waals surface area contributed by atoms with Crippen LogP contribution in [0.5, 0.6) is 0 Å². The molecule has 0 aromatic carbocycles. The van der Waals surface area contributed by atoms with Crippen molar-refractivity contribution < 1.29 is 4.79 Å². The van der Waals surface area contributed by atoms with Gasteiger partial charge in [-0.1, -0.05) is 15.9 Å². The highest BCUT2D eigenvalue weighted by Gasteiger charge is 2.06. The first kappa shape index (κ1) is 8.67. The van der Waals surface area contributed by atoms with Gasteiger partial charge in [-0.25, -0.2) is 0 Å². The average Bonchev–Trinajstić information content (AvgIpc) is 2.34. The fourth-order valence-electron chi connectivity index (χ4n) is 0.544. The summed E-state index contributed by atoms with van der Waals surface area (Å²) in [4.78, 5) is 11.2. The summed E-state index contributed by atoms with van der Waals surface area (Å²) in [6.45, 7) is 0. The lowest BCUT2D eigenvalue weighted by molar-refractivity contribution is -0.107. The molecular formula is C6H4BrIOS. The molecule has 1 atom stereocenters. The molecule has 1 rings (SSSR count). The zero-order valence-corrected chi connectivity index (χ0v) is 9.44. The lowest BCUT2D eigenvalue weighted by atomic mass is 10.4. The summed E-state index contributed by atoms with van der Waals surface area (Å²) in [5.74, 6) is 0. The second-order valence-electron chi connectivity index (χ2n) is 1.68. The van der Waals surface area contributed by atoms with Crippen molar-refractivity contribution >= 4 is 56.1 Å². The second kappa shape index (κ2) is 3.82. The van der Waals surface area contributed by atoms with E-state index >= 15 is 0 Å². The van der Waals surface area contributed by atoms with Gasteiger partial charge < -0.3 is 4.79 Å². The van der Waals surface area contributed by atoms with Gasteiger partial charge in [0.1, 0.15) is 11.1 Å². The molecule has 0 radical (unpaired) electrons. The first-order valence-corrected chi connectivity index (χ1v) is 5.39. The van der Waals surface area contributed by atoms with Crippen molar-refractivity contribution in [3.63, 3.8) is 0 Å². The Hall–Kier alpha value is 0.580. The van der Waals surface area contributed by atoms with Crippen molar-refractivity contribution in [2.24, 2.45) is 0 Å². The number of carbonyl (C=O) groups is 1. The Morgan fingerprint density at radius 3 is 2.80 bits per heavy atom. The molecule has 1 aromatic heterocycles. The quantitative estimate of drug-likeness (QED) is 0.463. The summed E-state index contributed by atoms with van der Waals surface area (Å²) in [5, 5.41) is 0. The number of aldehydes is 1. The lowest BCUT2D eigenvalue weighted by Crippen LogP contribution is -1.83. The number of hydrogen-bond acceptors (Lipinski definition) is 2. The molecule has 0 N–H and O–H groups in total. The predicted octanol–water partition coefficient (Wildman–Crippen LogP) is 2.99. The normalized spacial score (nSPS) is 13.0. The van der Waals surface area contributed by atoms with Gasteiger partial charge in [-0.2, -0.15) is 0 Å². The van der Waals surface area contributed by atoms with Crippen LogP contribution in [-0.4, -0.2) is 6.29 Å². The van der Waals surface area contributed by atoms with Gasteiger partial charge in [0, 0.05) is 4.88 Å². The van der Waals surface area contributed by atoms with Crippen LogP contribution in [0.2, 0.25) is 0 Å². The number of halogens is 2. The minimum Gasteiger partial charge on any atom is -0.302 e. The van der Waals surface area contributed by atoms with Crippen LogP contribution in [0.1, 0.15) is 9.70 Å². The van der Waals surface area contributed by atoms with Crippen LogP contribution in [0.25, 0.3) is 0 Å². The molecule has 1 unspecified atom stereocenters. The van der Waals surface area contributed by atoms with Gasteiger partial charge in [-0.05, 0) is 34.7 Å². The number of carbonyl (C=O) groups excluding carboxylic acids is 1. The van der Waals surface area contributed by atoms with Crippen molar-refractivity contribution in [3.05, 3.63) is 19.9 Å². The highest BCUT2D eigenvalue weighted by atomic mass is 127. The molecule has 0 fully saturated rings.